The summed E-state index contributed by atoms with van der Waals surface area (Å²) in [5.74, 6) is -2.43. The van der Waals surface area contributed by atoms with Crippen LogP contribution in [0, 0.1) is 0 Å². The number of halogens is 3. The van der Waals surface area contributed by atoms with E-state index in [1.165, 1.54) is 0 Å². The number of nitrogens with zero attached hydrogens (tertiary/aromatic N) is 1. The molecule has 2 fully saturated rings. The predicted molar refractivity (Wildman–Crippen MR) is 54.3 cm³/mol. The van der Waals surface area contributed by atoms with Gasteiger partial charge in [0, 0.05) is 19.0 Å². The lowest BCUT2D eigenvalue weighted by Gasteiger charge is -2.31. The molecule has 0 bridgehead atoms. The van der Waals surface area contributed by atoms with Crippen molar-refractivity contribution < 1.29 is 8.78 Å². The molecule has 2 nitrogen and oxygen atoms in total. The fourth-order valence-electron chi connectivity index (χ4n) is 2.25. The van der Waals surface area contributed by atoms with E-state index < -0.39 is 5.92 Å². The summed E-state index contributed by atoms with van der Waals surface area (Å²) in [4.78, 5) is 1.96. The van der Waals surface area contributed by atoms with Crippen LogP contribution in [0.4, 0.5) is 8.78 Å². The molecule has 0 radical (unpaired) electrons. The van der Waals surface area contributed by atoms with Crippen LogP contribution >= 0.6 is 12.4 Å². The quantitative estimate of drug-likeness (QED) is 0.729. The van der Waals surface area contributed by atoms with Gasteiger partial charge in [0.1, 0.15) is 0 Å². The van der Waals surface area contributed by atoms with Gasteiger partial charge in [-0.25, -0.2) is 8.78 Å². The third-order valence-electron chi connectivity index (χ3n) is 3.02. The van der Waals surface area contributed by atoms with Crippen LogP contribution in [0.15, 0.2) is 0 Å². The number of hydrogen-bond donors (Lipinski definition) is 1. The molecule has 1 N–H and O–H groups in total. The minimum Gasteiger partial charge on any atom is -0.317 e. The fraction of sp³-hybridized carbons (Fsp3) is 1.00. The van der Waals surface area contributed by atoms with E-state index in [1.807, 2.05) is 4.90 Å². The summed E-state index contributed by atoms with van der Waals surface area (Å²) in [5, 5.41) is 3.24. The van der Waals surface area contributed by atoms with Crippen LogP contribution in [0.1, 0.15) is 19.3 Å². The highest BCUT2D eigenvalue weighted by Crippen LogP contribution is 2.29. The van der Waals surface area contributed by atoms with Crippen LogP contribution in [-0.4, -0.2) is 43.0 Å². The van der Waals surface area contributed by atoms with E-state index >= 15 is 0 Å². The van der Waals surface area contributed by atoms with Crippen LogP contribution < -0.4 is 5.32 Å². The van der Waals surface area contributed by atoms with Crippen LogP contribution in [-0.2, 0) is 0 Å². The Morgan fingerprint density at radius 3 is 2.36 bits per heavy atom. The number of likely N-dealkylation sites (tertiary alicyclic amines) is 1. The van der Waals surface area contributed by atoms with Crippen molar-refractivity contribution in [3.05, 3.63) is 0 Å². The van der Waals surface area contributed by atoms with E-state index in [1.54, 1.807) is 0 Å². The second-order valence-electron chi connectivity index (χ2n) is 4.06. The highest BCUT2D eigenvalue weighted by atomic mass is 35.5. The van der Waals surface area contributed by atoms with Gasteiger partial charge in [-0.15, -0.1) is 12.4 Å². The molecule has 0 aromatic carbocycles. The average Bonchev–Trinajstić information content (AvgIpc) is 2.48. The maximum atomic E-state index is 12.9. The zero-order valence-corrected chi connectivity index (χ0v) is 8.95. The van der Waals surface area contributed by atoms with Gasteiger partial charge >= 0.3 is 0 Å². The van der Waals surface area contributed by atoms with Crippen molar-refractivity contribution in [2.75, 3.05) is 26.2 Å². The van der Waals surface area contributed by atoms with Crippen molar-refractivity contribution in [2.45, 2.75) is 31.2 Å². The Balaban J connectivity index is 0.000000980. The number of alkyl halides is 2. The molecule has 2 saturated heterocycles. The molecule has 2 aliphatic heterocycles. The summed E-state index contributed by atoms with van der Waals surface area (Å²) in [6.45, 7) is 2.52. The third-order valence-corrected chi connectivity index (χ3v) is 3.02. The molecule has 0 aromatic rings. The summed E-state index contributed by atoms with van der Waals surface area (Å²) in [6, 6.07) is 0.398. The number of nitrogens with one attached hydrogen (secondary N) is 1. The Bertz CT molecular complexity index is 184. The Morgan fingerprint density at radius 1 is 1.21 bits per heavy atom. The lowest BCUT2D eigenvalue weighted by atomic mass is 10.1. The van der Waals surface area contributed by atoms with Gasteiger partial charge in [-0.2, -0.15) is 0 Å². The molecule has 5 heteroatoms. The SMILES string of the molecule is Cl.FC1(F)CCN(C2CCNCC2)C1. The van der Waals surface area contributed by atoms with E-state index in [-0.39, 0.29) is 25.4 Å². The second-order valence-corrected chi connectivity index (χ2v) is 4.06. The molecule has 0 unspecified atom stereocenters. The molecule has 0 aliphatic carbocycles. The minimum atomic E-state index is -2.43. The van der Waals surface area contributed by atoms with Gasteiger partial charge in [-0.1, -0.05) is 0 Å². The minimum absolute atomic E-state index is 0. The van der Waals surface area contributed by atoms with E-state index in [9.17, 15) is 8.78 Å². The lowest BCUT2D eigenvalue weighted by molar-refractivity contribution is 0.00593. The molecule has 0 amide bonds. The summed E-state index contributed by atoms with van der Waals surface area (Å²) in [6.07, 6.45) is 2.10. The number of piperidine rings is 1. The third kappa shape index (κ3) is 2.78. The van der Waals surface area contributed by atoms with Crippen LogP contribution in [0.3, 0.4) is 0 Å². The molecule has 2 heterocycles. The van der Waals surface area contributed by atoms with Gasteiger partial charge in [0.05, 0.1) is 6.54 Å². The van der Waals surface area contributed by atoms with Crippen molar-refractivity contribution in [3.63, 3.8) is 0 Å². The van der Waals surface area contributed by atoms with Gasteiger partial charge < -0.3 is 5.32 Å². The maximum Gasteiger partial charge on any atom is 0.261 e. The maximum absolute atomic E-state index is 12.9. The van der Waals surface area contributed by atoms with Gasteiger partial charge in [0.2, 0.25) is 0 Å². The number of hydrogen-bond acceptors (Lipinski definition) is 2. The lowest BCUT2D eigenvalue weighted by Crippen LogP contribution is -2.42. The van der Waals surface area contributed by atoms with Gasteiger partial charge in [0.15, 0.2) is 0 Å². The Morgan fingerprint density at radius 2 is 1.86 bits per heavy atom. The molecule has 2 rings (SSSR count). The normalized spacial score (nSPS) is 28.7. The molecular formula is C9H17ClF2N2. The topological polar surface area (TPSA) is 15.3 Å². The predicted octanol–water partition coefficient (Wildman–Crippen LogP) is 1.50. The molecule has 14 heavy (non-hydrogen) atoms. The monoisotopic (exact) mass is 226 g/mol. The summed E-state index contributed by atoms with van der Waals surface area (Å²) < 4.78 is 25.8. The smallest absolute Gasteiger partial charge is 0.261 e. The second kappa shape index (κ2) is 4.73. The molecule has 0 spiro atoms. The highest BCUT2D eigenvalue weighted by molar-refractivity contribution is 5.85. The molecule has 2 aliphatic rings. The van der Waals surface area contributed by atoms with Crippen LogP contribution in [0.2, 0.25) is 0 Å². The van der Waals surface area contributed by atoms with Crippen LogP contribution in [0.25, 0.3) is 0 Å². The van der Waals surface area contributed by atoms with Crippen molar-refractivity contribution in [3.8, 4) is 0 Å². The number of rotatable bonds is 1. The first kappa shape index (κ1) is 12.1. The first-order valence-corrected chi connectivity index (χ1v) is 5.00. The summed E-state index contributed by atoms with van der Waals surface area (Å²) >= 11 is 0. The zero-order chi connectivity index (χ0) is 9.31. The van der Waals surface area contributed by atoms with Crippen molar-refractivity contribution in [1.82, 2.24) is 10.2 Å². The highest BCUT2D eigenvalue weighted by Gasteiger charge is 2.40. The van der Waals surface area contributed by atoms with E-state index in [0.29, 0.717) is 12.6 Å². The zero-order valence-electron chi connectivity index (χ0n) is 8.14. The van der Waals surface area contributed by atoms with E-state index in [4.69, 9.17) is 0 Å². The van der Waals surface area contributed by atoms with Gasteiger partial charge in [0.25, 0.3) is 5.92 Å². The first-order valence-electron chi connectivity index (χ1n) is 5.00. The average molecular weight is 227 g/mol. The Hall–Kier alpha value is 0.0700. The van der Waals surface area contributed by atoms with E-state index in [2.05, 4.69) is 5.32 Å². The molecule has 0 saturated carbocycles. The van der Waals surface area contributed by atoms with Gasteiger partial charge in [-0.3, -0.25) is 4.90 Å². The standard InChI is InChI=1S/C9H16F2N2.ClH/c10-9(11)3-6-13(7-9)8-1-4-12-5-2-8;/h8,12H,1-7H2;1H. The van der Waals surface area contributed by atoms with Crippen molar-refractivity contribution in [2.24, 2.45) is 0 Å². The van der Waals surface area contributed by atoms with Gasteiger partial charge in [-0.05, 0) is 25.9 Å². The molecule has 0 aromatic heterocycles. The molecular weight excluding hydrogens is 210 g/mol. The Labute approximate surface area is 89.4 Å². The van der Waals surface area contributed by atoms with Crippen LogP contribution in [0.5, 0.6) is 0 Å². The summed E-state index contributed by atoms with van der Waals surface area (Å²) in [7, 11) is 0. The summed E-state index contributed by atoms with van der Waals surface area (Å²) in [5.41, 5.74) is 0. The molecule has 84 valence electrons. The van der Waals surface area contributed by atoms with Crippen molar-refractivity contribution >= 4 is 12.4 Å². The fourth-order valence-corrected chi connectivity index (χ4v) is 2.25. The first-order chi connectivity index (χ1) is 6.17. The van der Waals surface area contributed by atoms with E-state index in [0.717, 1.165) is 25.9 Å². The molecule has 0 atom stereocenters. The largest absolute Gasteiger partial charge is 0.317 e. The van der Waals surface area contributed by atoms with Crippen molar-refractivity contribution in [1.29, 1.82) is 0 Å². The Kier molecular flexibility index (Phi) is 4.10.